The molecule has 2 aromatic rings. The first kappa shape index (κ1) is 18.8. The Bertz CT molecular complexity index is 870. The van der Waals surface area contributed by atoms with Crippen LogP contribution >= 0.6 is 34.9 Å². The lowest BCUT2D eigenvalue weighted by Crippen LogP contribution is -2.32. The zero-order valence-corrected chi connectivity index (χ0v) is 16.3. The maximum absolute atomic E-state index is 12.4. The molecule has 1 amide bonds. The third kappa shape index (κ3) is 3.88. The number of nitrogens with zero attached hydrogens (tertiary/aromatic N) is 2. The second-order valence-corrected chi connectivity index (χ2v) is 8.26. The smallest absolute Gasteiger partial charge is 0.305 e. The molecule has 0 bridgehead atoms. The Labute approximate surface area is 163 Å². The first-order valence-electron chi connectivity index (χ1n) is 7.80. The number of hydrogen-bond acceptors (Lipinski definition) is 7. The second kappa shape index (κ2) is 7.70. The fourth-order valence-corrected chi connectivity index (χ4v) is 5.10. The van der Waals surface area contributed by atoms with Gasteiger partial charge in [-0.2, -0.15) is 0 Å². The number of thiophene rings is 2. The Balaban J connectivity index is 1.77. The predicted molar refractivity (Wildman–Crippen MR) is 108 cm³/mol. The molecule has 0 atom stereocenters. The van der Waals surface area contributed by atoms with Crippen molar-refractivity contribution in [1.82, 2.24) is 10.2 Å². The minimum atomic E-state index is -0.974. The molecule has 1 saturated heterocycles. The van der Waals surface area contributed by atoms with Gasteiger partial charge < -0.3 is 20.4 Å². The van der Waals surface area contributed by atoms with Gasteiger partial charge in [-0.25, -0.2) is 0 Å². The molecule has 0 saturated carbocycles. The van der Waals surface area contributed by atoms with Crippen LogP contribution in [-0.2, 0) is 9.59 Å². The van der Waals surface area contributed by atoms with Crippen molar-refractivity contribution in [2.75, 3.05) is 31.6 Å². The third-order valence-electron chi connectivity index (χ3n) is 3.82. The largest absolute Gasteiger partial charge is 0.481 e. The summed E-state index contributed by atoms with van der Waals surface area (Å²) in [6.45, 7) is 0.732. The van der Waals surface area contributed by atoms with Crippen LogP contribution in [0.2, 0.25) is 0 Å². The summed E-state index contributed by atoms with van der Waals surface area (Å²) in [6, 6.07) is 4.07. The van der Waals surface area contributed by atoms with Gasteiger partial charge in [0.15, 0.2) is 5.11 Å². The van der Waals surface area contributed by atoms with Crippen molar-refractivity contribution in [3.05, 3.63) is 22.7 Å². The molecule has 0 aliphatic carbocycles. The molecule has 26 heavy (non-hydrogen) atoms. The standard InChI is InChI=1S/C16H17N3O4S3/c1-18(4-5-20)13-8-12-11(26-13)7-9(25-12)6-10-15(23)19(16(24)17-10)3-2-14(21)22/h6-8,20H,2-5H2,1H3,(H,17,24)(H,21,22)/b10-6-. The van der Waals surface area contributed by atoms with Crippen LogP contribution < -0.4 is 10.2 Å². The van der Waals surface area contributed by atoms with E-state index in [-0.39, 0.29) is 30.6 Å². The number of carboxylic acids is 1. The summed E-state index contributed by atoms with van der Waals surface area (Å²) in [5.41, 5.74) is 0.354. The molecule has 0 unspecified atom stereocenters. The molecule has 138 valence electrons. The predicted octanol–water partition coefficient (Wildman–Crippen LogP) is 1.92. The number of carbonyl (C=O) groups is 2. The number of aliphatic carboxylic acids is 1. The number of hydrogen-bond donors (Lipinski definition) is 3. The number of likely N-dealkylation sites (N-methyl/N-ethyl adjacent to an activating group) is 1. The Morgan fingerprint density at radius 3 is 2.77 bits per heavy atom. The number of amides is 1. The number of anilines is 1. The van der Waals surface area contributed by atoms with Crippen molar-refractivity contribution in [2.45, 2.75) is 6.42 Å². The van der Waals surface area contributed by atoms with Crippen LogP contribution in [0.25, 0.3) is 15.5 Å². The van der Waals surface area contributed by atoms with E-state index in [1.807, 2.05) is 18.0 Å². The fraction of sp³-hybridized carbons (Fsp3) is 0.312. The molecule has 3 N–H and O–H groups in total. The van der Waals surface area contributed by atoms with Gasteiger partial charge in [-0.05, 0) is 30.4 Å². The van der Waals surface area contributed by atoms with E-state index in [1.54, 1.807) is 28.7 Å². The van der Waals surface area contributed by atoms with Crippen LogP contribution in [0.4, 0.5) is 5.00 Å². The number of aliphatic hydroxyl groups is 1. The lowest BCUT2D eigenvalue weighted by atomic mass is 10.3. The quantitative estimate of drug-likeness (QED) is 0.473. The Hall–Kier alpha value is -2.01. The van der Waals surface area contributed by atoms with Crippen LogP contribution in [0.5, 0.6) is 0 Å². The first-order valence-corrected chi connectivity index (χ1v) is 9.85. The van der Waals surface area contributed by atoms with Crippen molar-refractivity contribution in [1.29, 1.82) is 0 Å². The van der Waals surface area contributed by atoms with E-state index in [0.717, 1.165) is 19.3 Å². The Morgan fingerprint density at radius 2 is 2.12 bits per heavy atom. The van der Waals surface area contributed by atoms with E-state index >= 15 is 0 Å². The van der Waals surface area contributed by atoms with Gasteiger partial charge in [-0.1, -0.05) is 0 Å². The molecule has 1 fully saturated rings. The first-order chi connectivity index (χ1) is 12.4. The SMILES string of the molecule is CN(CCO)c1cc2sc(/C=C3\NC(=S)N(CCC(=O)O)C3=O)cc2s1. The molecular formula is C16H17N3O4S3. The van der Waals surface area contributed by atoms with Gasteiger partial charge in [-0.3, -0.25) is 14.5 Å². The molecule has 3 heterocycles. The van der Waals surface area contributed by atoms with E-state index < -0.39 is 5.97 Å². The number of aliphatic hydroxyl groups excluding tert-OH is 1. The van der Waals surface area contributed by atoms with Crippen LogP contribution in [-0.4, -0.2) is 58.8 Å². The summed E-state index contributed by atoms with van der Waals surface area (Å²) in [7, 11) is 1.93. The van der Waals surface area contributed by atoms with Gasteiger partial charge in [0.25, 0.3) is 5.91 Å². The van der Waals surface area contributed by atoms with Gasteiger partial charge in [0, 0.05) is 34.4 Å². The average molecular weight is 412 g/mol. The maximum atomic E-state index is 12.4. The number of fused-ring (bicyclic) bond motifs is 1. The van der Waals surface area contributed by atoms with Gasteiger partial charge in [0.2, 0.25) is 0 Å². The van der Waals surface area contributed by atoms with Crippen LogP contribution in [0, 0.1) is 0 Å². The number of carbonyl (C=O) groups excluding carboxylic acids is 1. The molecule has 3 rings (SSSR count). The summed E-state index contributed by atoms with van der Waals surface area (Å²) in [6.07, 6.45) is 1.59. The maximum Gasteiger partial charge on any atom is 0.305 e. The lowest BCUT2D eigenvalue weighted by Gasteiger charge is -2.14. The monoisotopic (exact) mass is 411 g/mol. The third-order valence-corrected chi connectivity index (χ3v) is 6.50. The summed E-state index contributed by atoms with van der Waals surface area (Å²) in [5, 5.41) is 22.0. The van der Waals surface area contributed by atoms with Crippen molar-refractivity contribution in [2.24, 2.45) is 0 Å². The molecule has 1 aliphatic rings. The average Bonchev–Trinajstić information content (AvgIpc) is 3.19. The molecular weight excluding hydrogens is 394 g/mol. The normalized spacial score (nSPS) is 15.9. The van der Waals surface area contributed by atoms with E-state index in [2.05, 4.69) is 11.4 Å². The van der Waals surface area contributed by atoms with E-state index in [9.17, 15) is 9.59 Å². The summed E-state index contributed by atoms with van der Waals surface area (Å²) < 4.78 is 2.22. The lowest BCUT2D eigenvalue weighted by molar-refractivity contribution is -0.137. The molecule has 0 aromatic carbocycles. The van der Waals surface area contributed by atoms with Gasteiger partial charge in [0.1, 0.15) is 5.70 Å². The Morgan fingerprint density at radius 1 is 1.38 bits per heavy atom. The highest BCUT2D eigenvalue weighted by Gasteiger charge is 2.30. The van der Waals surface area contributed by atoms with E-state index in [0.29, 0.717) is 12.2 Å². The molecule has 0 spiro atoms. The van der Waals surface area contributed by atoms with Crippen LogP contribution in [0.3, 0.4) is 0 Å². The minimum Gasteiger partial charge on any atom is -0.481 e. The van der Waals surface area contributed by atoms with Crippen molar-refractivity contribution in [3.8, 4) is 0 Å². The van der Waals surface area contributed by atoms with Crippen molar-refractivity contribution in [3.63, 3.8) is 0 Å². The van der Waals surface area contributed by atoms with Crippen molar-refractivity contribution < 1.29 is 19.8 Å². The summed E-state index contributed by atoms with van der Waals surface area (Å²) >= 11 is 8.31. The molecule has 2 aromatic heterocycles. The Kier molecular flexibility index (Phi) is 5.56. The molecule has 1 aliphatic heterocycles. The summed E-state index contributed by atoms with van der Waals surface area (Å²) in [4.78, 5) is 27.3. The molecule has 0 radical (unpaired) electrons. The minimum absolute atomic E-state index is 0.0530. The highest BCUT2D eigenvalue weighted by Crippen LogP contribution is 2.38. The zero-order chi connectivity index (χ0) is 18.8. The highest BCUT2D eigenvalue weighted by atomic mass is 32.1. The van der Waals surface area contributed by atoms with E-state index in [4.69, 9.17) is 22.4 Å². The topological polar surface area (TPSA) is 93.1 Å². The number of nitrogens with one attached hydrogen (secondary N) is 1. The number of rotatable bonds is 7. The zero-order valence-electron chi connectivity index (χ0n) is 13.9. The number of thiocarbonyl (C=S) groups is 1. The molecule has 10 heteroatoms. The number of carboxylic acid groups (broad SMARTS) is 1. The van der Waals surface area contributed by atoms with Gasteiger partial charge >= 0.3 is 5.97 Å². The van der Waals surface area contributed by atoms with Crippen LogP contribution in [0.15, 0.2) is 17.8 Å². The van der Waals surface area contributed by atoms with Crippen LogP contribution in [0.1, 0.15) is 11.3 Å². The highest BCUT2D eigenvalue weighted by molar-refractivity contribution is 7.80. The van der Waals surface area contributed by atoms with Crippen molar-refractivity contribution >= 4 is 72.4 Å². The fourth-order valence-electron chi connectivity index (χ4n) is 2.49. The molecule has 7 nitrogen and oxygen atoms in total. The van der Waals surface area contributed by atoms with E-state index in [1.165, 1.54) is 4.90 Å². The summed E-state index contributed by atoms with van der Waals surface area (Å²) in [5.74, 6) is -1.28. The van der Waals surface area contributed by atoms with Gasteiger partial charge in [-0.15, -0.1) is 22.7 Å². The van der Waals surface area contributed by atoms with Gasteiger partial charge in [0.05, 0.1) is 18.0 Å². The second-order valence-electron chi connectivity index (χ2n) is 5.70.